The second kappa shape index (κ2) is 7.91. The number of carbonyl (C=O) groups is 1. The summed E-state index contributed by atoms with van der Waals surface area (Å²) in [5.41, 5.74) is 2.25. The third-order valence-electron chi connectivity index (χ3n) is 4.33. The first-order chi connectivity index (χ1) is 12.6. The van der Waals surface area contributed by atoms with E-state index in [0.29, 0.717) is 5.56 Å². The molecule has 0 aliphatic heterocycles. The van der Waals surface area contributed by atoms with E-state index in [1.54, 1.807) is 6.92 Å². The van der Waals surface area contributed by atoms with Gasteiger partial charge in [0, 0.05) is 0 Å². The van der Waals surface area contributed by atoms with Gasteiger partial charge in [0.2, 0.25) is 5.91 Å². The van der Waals surface area contributed by atoms with Crippen molar-refractivity contribution in [1.82, 2.24) is 5.32 Å². The normalized spacial score (nSPS) is 12.0. The van der Waals surface area contributed by atoms with Crippen LogP contribution in [0, 0.1) is 11.6 Å². The zero-order valence-corrected chi connectivity index (χ0v) is 14.3. The summed E-state index contributed by atoms with van der Waals surface area (Å²) >= 11 is 0. The lowest BCUT2D eigenvalue weighted by Crippen LogP contribution is -2.32. The average Bonchev–Trinajstić information content (AvgIpc) is 2.66. The lowest BCUT2D eigenvalue weighted by molar-refractivity contribution is -0.122. The molecule has 3 aromatic rings. The molecule has 0 aliphatic carbocycles. The molecule has 3 aromatic carbocycles. The molecule has 1 amide bonds. The van der Waals surface area contributed by atoms with Crippen LogP contribution in [0.4, 0.5) is 8.78 Å². The van der Waals surface area contributed by atoms with Gasteiger partial charge in [-0.1, -0.05) is 66.7 Å². The second-order valence-corrected chi connectivity index (χ2v) is 6.16. The lowest BCUT2D eigenvalue weighted by atomic mass is 9.90. The highest BCUT2D eigenvalue weighted by Gasteiger charge is 2.24. The monoisotopic (exact) mass is 351 g/mol. The summed E-state index contributed by atoms with van der Waals surface area (Å²) in [7, 11) is 0. The van der Waals surface area contributed by atoms with Gasteiger partial charge < -0.3 is 5.32 Å². The molecular weight excluding hydrogens is 332 g/mol. The van der Waals surface area contributed by atoms with Crippen LogP contribution in [0.15, 0.2) is 78.9 Å². The van der Waals surface area contributed by atoms with Gasteiger partial charge in [0.1, 0.15) is 0 Å². The summed E-state index contributed by atoms with van der Waals surface area (Å²) in [6, 6.07) is 22.2. The van der Waals surface area contributed by atoms with Gasteiger partial charge in [-0.25, -0.2) is 8.78 Å². The fourth-order valence-corrected chi connectivity index (χ4v) is 2.95. The maximum Gasteiger partial charge on any atom is 0.232 e. The number of rotatable bonds is 5. The molecule has 0 unspecified atom stereocenters. The third-order valence-corrected chi connectivity index (χ3v) is 4.33. The quantitative estimate of drug-likeness (QED) is 0.690. The van der Waals surface area contributed by atoms with Crippen LogP contribution in [0.5, 0.6) is 0 Å². The first kappa shape index (κ1) is 17.8. The van der Waals surface area contributed by atoms with Crippen molar-refractivity contribution >= 4 is 5.91 Å². The van der Waals surface area contributed by atoms with E-state index in [1.165, 1.54) is 6.07 Å². The van der Waals surface area contributed by atoms with Gasteiger partial charge in [-0.15, -0.1) is 0 Å². The van der Waals surface area contributed by atoms with Crippen molar-refractivity contribution in [3.8, 4) is 0 Å². The molecule has 26 heavy (non-hydrogen) atoms. The van der Waals surface area contributed by atoms with Crippen LogP contribution in [0.2, 0.25) is 0 Å². The molecule has 0 spiro atoms. The first-order valence-electron chi connectivity index (χ1n) is 8.41. The summed E-state index contributed by atoms with van der Waals surface area (Å²) < 4.78 is 26.6. The van der Waals surface area contributed by atoms with Crippen LogP contribution in [-0.4, -0.2) is 5.91 Å². The largest absolute Gasteiger partial charge is 0.349 e. The molecule has 0 fully saturated rings. The van der Waals surface area contributed by atoms with Gasteiger partial charge in [-0.3, -0.25) is 4.79 Å². The predicted octanol–water partition coefficient (Wildman–Crippen LogP) is 4.97. The summed E-state index contributed by atoms with van der Waals surface area (Å²) in [4.78, 5) is 13.0. The second-order valence-electron chi connectivity index (χ2n) is 6.16. The van der Waals surface area contributed by atoms with Crippen LogP contribution in [0.1, 0.15) is 35.6 Å². The molecule has 0 aromatic heterocycles. The Morgan fingerprint density at radius 2 is 1.31 bits per heavy atom. The highest BCUT2D eigenvalue weighted by molar-refractivity contribution is 5.87. The number of hydrogen-bond donors (Lipinski definition) is 1. The average molecular weight is 351 g/mol. The maximum atomic E-state index is 13.5. The van der Waals surface area contributed by atoms with Crippen molar-refractivity contribution in [1.29, 1.82) is 0 Å². The Hall–Kier alpha value is -3.01. The molecule has 0 radical (unpaired) electrons. The molecule has 2 nitrogen and oxygen atoms in total. The van der Waals surface area contributed by atoms with Crippen LogP contribution < -0.4 is 5.32 Å². The fraction of sp³-hybridized carbons (Fsp3) is 0.136. The molecule has 132 valence electrons. The molecule has 0 heterocycles. The minimum Gasteiger partial charge on any atom is -0.349 e. The fourth-order valence-electron chi connectivity index (χ4n) is 2.95. The summed E-state index contributed by atoms with van der Waals surface area (Å²) in [5, 5.41) is 2.91. The van der Waals surface area contributed by atoms with Crippen molar-refractivity contribution in [2.24, 2.45) is 0 Å². The molecular formula is C22H19F2NO. The van der Waals surface area contributed by atoms with Gasteiger partial charge >= 0.3 is 0 Å². The highest BCUT2D eigenvalue weighted by Crippen LogP contribution is 2.26. The molecule has 3 rings (SSSR count). The van der Waals surface area contributed by atoms with Crippen molar-refractivity contribution in [3.05, 3.63) is 107 Å². The van der Waals surface area contributed by atoms with Gasteiger partial charge in [-0.2, -0.15) is 0 Å². The molecule has 4 heteroatoms. The Morgan fingerprint density at radius 1 is 0.769 bits per heavy atom. The zero-order chi connectivity index (χ0) is 18.5. The SMILES string of the molecule is C[C@@H](NC(=O)C(c1ccccc1)c1ccccc1)c1ccc(F)c(F)c1. The Morgan fingerprint density at radius 3 is 1.81 bits per heavy atom. The van der Waals surface area contributed by atoms with Crippen LogP contribution in [-0.2, 0) is 4.79 Å². The van der Waals surface area contributed by atoms with Gasteiger partial charge in [0.15, 0.2) is 11.6 Å². The number of amides is 1. The minimum atomic E-state index is -0.925. The molecule has 0 saturated heterocycles. The summed E-state index contributed by atoms with van der Waals surface area (Å²) in [6.45, 7) is 1.75. The van der Waals surface area contributed by atoms with E-state index in [0.717, 1.165) is 23.3 Å². The van der Waals surface area contributed by atoms with E-state index in [4.69, 9.17) is 0 Å². The maximum absolute atomic E-state index is 13.5. The number of carbonyl (C=O) groups excluding carboxylic acids is 1. The number of benzene rings is 3. The molecule has 1 N–H and O–H groups in total. The minimum absolute atomic E-state index is 0.195. The summed E-state index contributed by atoms with van der Waals surface area (Å²) in [6.07, 6.45) is 0. The van der Waals surface area contributed by atoms with Gasteiger partial charge in [0.05, 0.1) is 12.0 Å². The van der Waals surface area contributed by atoms with Crippen LogP contribution in [0.25, 0.3) is 0 Å². The van der Waals surface area contributed by atoms with E-state index in [2.05, 4.69) is 5.32 Å². The smallest absolute Gasteiger partial charge is 0.232 e. The van der Waals surface area contributed by atoms with Crippen LogP contribution >= 0.6 is 0 Å². The van der Waals surface area contributed by atoms with Crippen molar-refractivity contribution < 1.29 is 13.6 Å². The van der Waals surface area contributed by atoms with E-state index in [9.17, 15) is 13.6 Å². The summed E-state index contributed by atoms with van der Waals surface area (Å²) in [5.74, 6) is -2.50. The predicted molar refractivity (Wildman–Crippen MR) is 97.6 cm³/mol. The number of hydrogen-bond acceptors (Lipinski definition) is 1. The zero-order valence-electron chi connectivity index (χ0n) is 14.3. The number of nitrogens with one attached hydrogen (secondary N) is 1. The van der Waals surface area contributed by atoms with Crippen molar-refractivity contribution in [2.75, 3.05) is 0 Å². The Kier molecular flexibility index (Phi) is 5.42. The van der Waals surface area contributed by atoms with Gasteiger partial charge in [-0.05, 0) is 35.7 Å². The van der Waals surface area contributed by atoms with E-state index in [-0.39, 0.29) is 5.91 Å². The Balaban J connectivity index is 1.87. The highest BCUT2D eigenvalue weighted by atomic mass is 19.2. The van der Waals surface area contributed by atoms with Crippen molar-refractivity contribution in [2.45, 2.75) is 18.9 Å². The molecule has 1 atom stereocenters. The molecule has 0 bridgehead atoms. The van der Waals surface area contributed by atoms with E-state index >= 15 is 0 Å². The topological polar surface area (TPSA) is 29.1 Å². The third kappa shape index (κ3) is 3.97. The Bertz CT molecular complexity index is 842. The number of halogens is 2. The first-order valence-corrected chi connectivity index (χ1v) is 8.41. The lowest BCUT2D eigenvalue weighted by Gasteiger charge is -2.21. The van der Waals surface area contributed by atoms with E-state index < -0.39 is 23.6 Å². The molecule has 0 saturated carbocycles. The van der Waals surface area contributed by atoms with Crippen LogP contribution in [0.3, 0.4) is 0 Å². The molecule has 0 aliphatic rings. The van der Waals surface area contributed by atoms with E-state index in [1.807, 2.05) is 60.7 Å². The Labute approximate surface area is 151 Å². The van der Waals surface area contributed by atoms with Crippen molar-refractivity contribution in [3.63, 3.8) is 0 Å². The van der Waals surface area contributed by atoms with Gasteiger partial charge in [0.25, 0.3) is 0 Å². The standard InChI is InChI=1S/C22H19F2NO/c1-15(18-12-13-19(23)20(24)14-18)25-22(26)21(16-8-4-2-5-9-16)17-10-6-3-7-11-17/h2-15,21H,1H3,(H,25,26)/t15-/m1/s1.